The number of unbranched alkanes of at least 4 members (excludes halogenated alkanes) is 23. The van der Waals surface area contributed by atoms with Gasteiger partial charge in [0, 0.05) is 12.8 Å². The first-order valence-corrected chi connectivity index (χ1v) is 28.1. The van der Waals surface area contributed by atoms with E-state index >= 15 is 0 Å². The Morgan fingerprint density at radius 1 is 0.492 bits per heavy atom. The molecule has 0 radical (unpaired) electrons. The van der Waals surface area contributed by atoms with Gasteiger partial charge in [0.25, 0.3) is 0 Å². The van der Waals surface area contributed by atoms with Gasteiger partial charge in [-0.3, -0.25) is 27.7 Å². The SMILES string of the molecule is CCCCCCCCCCCCCCCC(=O)O[C@H](COC(=O)CCCCCCCCCCCCCCS)COP(=O)(O)OC1C(O)[C@@H](O)C(OP(=O)(O)O)[C@@H](OP(=O)(O)O)[C@H]1O. The van der Waals surface area contributed by atoms with Crippen molar-refractivity contribution >= 4 is 48.0 Å². The van der Waals surface area contributed by atoms with Crippen LogP contribution in [0.5, 0.6) is 0 Å². The van der Waals surface area contributed by atoms with Crippen LogP contribution in [0.2, 0.25) is 0 Å². The molecule has 1 saturated carbocycles. The van der Waals surface area contributed by atoms with Gasteiger partial charge in [0.05, 0.1) is 6.61 Å². The number of thiol groups is 1. The quantitative estimate of drug-likeness (QED) is 0.0124. The predicted molar refractivity (Wildman–Crippen MR) is 238 cm³/mol. The maximum atomic E-state index is 13.1. The largest absolute Gasteiger partial charge is 0.472 e. The highest BCUT2D eigenvalue weighted by molar-refractivity contribution is 7.80. The molecule has 0 aromatic carbocycles. The maximum absolute atomic E-state index is 13.1. The van der Waals surface area contributed by atoms with Crippen LogP contribution in [0.1, 0.15) is 180 Å². The first-order valence-electron chi connectivity index (χ1n) is 22.9. The Labute approximate surface area is 379 Å². The second-order valence-electron chi connectivity index (χ2n) is 16.4. The van der Waals surface area contributed by atoms with E-state index in [1.54, 1.807) is 0 Å². The summed E-state index contributed by atoms with van der Waals surface area (Å²) in [6, 6.07) is 0. The van der Waals surface area contributed by atoms with Crippen molar-refractivity contribution in [1.82, 2.24) is 0 Å². The number of hydrogen-bond donors (Lipinski definition) is 9. The topological polar surface area (TPSA) is 303 Å². The Kier molecular flexibility index (Phi) is 33.4. The molecule has 1 fully saturated rings. The van der Waals surface area contributed by atoms with Crippen molar-refractivity contribution in [1.29, 1.82) is 0 Å². The van der Waals surface area contributed by atoms with E-state index in [1.807, 2.05) is 0 Å². The molecule has 0 aliphatic heterocycles. The Morgan fingerprint density at radius 2 is 0.857 bits per heavy atom. The van der Waals surface area contributed by atoms with Gasteiger partial charge in [0.15, 0.2) is 6.10 Å². The molecule has 4 unspecified atom stereocenters. The molecule has 8 atom stereocenters. The standard InChI is InChI=1S/C40H79O19P3S/c1-2-3-4-5-6-7-8-9-13-16-19-22-25-28-34(42)56-32(30-54-33(41)27-24-21-18-15-12-10-11-14-17-20-23-26-29-63)31-55-62(52,53)59-38-35(43)36(44)39(57-60(46,47)48)40(37(38)45)58-61(49,50)51/h32,35-40,43-45,63H,2-31H2,1H3,(H,52,53)(H2,46,47,48)(H2,49,50,51)/t32-,35?,36-,37+,38?,39?,40+/m1/s1. The summed E-state index contributed by atoms with van der Waals surface area (Å²) in [6.45, 7) is 0.728. The van der Waals surface area contributed by atoms with Crippen LogP contribution in [-0.4, -0.2) is 113 Å². The van der Waals surface area contributed by atoms with Crippen molar-refractivity contribution in [3.63, 3.8) is 0 Å². The minimum atomic E-state index is -5.59. The molecule has 0 aromatic rings. The molecule has 0 aromatic heterocycles. The Hall–Kier alpha value is -0.500. The molecule has 374 valence electrons. The monoisotopic (exact) mass is 988 g/mol. The van der Waals surface area contributed by atoms with Gasteiger partial charge in [0.1, 0.15) is 43.2 Å². The molecule has 0 bridgehead atoms. The van der Waals surface area contributed by atoms with Crippen LogP contribution in [0, 0.1) is 0 Å². The zero-order valence-electron chi connectivity index (χ0n) is 37.1. The predicted octanol–water partition coefficient (Wildman–Crippen LogP) is 7.48. The highest BCUT2D eigenvalue weighted by Crippen LogP contribution is 2.51. The van der Waals surface area contributed by atoms with Crippen molar-refractivity contribution in [2.45, 2.75) is 223 Å². The fourth-order valence-electron chi connectivity index (χ4n) is 7.27. The third kappa shape index (κ3) is 31.2. The van der Waals surface area contributed by atoms with Crippen molar-refractivity contribution < 1.29 is 90.6 Å². The highest BCUT2D eigenvalue weighted by atomic mass is 32.1. The number of esters is 2. The summed E-state index contributed by atoms with van der Waals surface area (Å²) in [6.07, 6.45) is 11.1. The molecule has 0 spiro atoms. The van der Waals surface area contributed by atoms with E-state index < -0.39 is 91.3 Å². The molecule has 1 aliphatic rings. The first-order chi connectivity index (χ1) is 29.8. The van der Waals surface area contributed by atoms with Crippen molar-refractivity contribution in [3.05, 3.63) is 0 Å². The summed E-state index contributed by atoms with van der Waals surface area (Å²) in [5.41, 5.74) is 0. The Balaban J connectivity index is 2.74. The van der Waals surface area contributed by atoms with Gasteiger partial charge in [-0.15, -0.1) is 0 Å². The lowest BCUT2D eigenvalue weighted by molar-refractivity contribution is -0.213. The van der Waals surface area contributed by atoms with E-state index in [1.165, 1.54) is 89.9 Å². The lowest BCUT2D eigenvalue weighted by atomic mass is 9.85. The number of carbonyl (C=O) groups excluding carboxylic acids is 2. The second kappa shape index (κ2) is 34.7. The normalized spacial score (nSPS) is 22.1. The smallest absolute Gasteiger partial charge is 0.462 e. The Bertz CT molecular complexity index is 1350. The van der Waals surface area contributed by atoms with Crippen LogP contribution in [-0.2, 0) is 50.9 Å². The van der Waals surface area contributed by atoms with Crippen LogP contribution < -0.4 is 0 Å². The average molecular weight is 989 g/mol. The molecule has 19 nitrogen and oxygen atoms in total. The number of rotatable bonds is 40. The zero-order chi connectivity index (χ0) is 47.2. The van der Waals surface area contributed by atoms with Crippen molar-refractivity contribution in [3.8, 4) is 0 Å². The van der Waals surface area contributed by atoms with E-state index in [0.717, 1.165) is 63.5 Å². The number of aliphatic hydroxyl groups is 3. The molecule has 0 heterocycles. The van der Waals surface area contributed by atoms with Crippen molar-refractivity contribution in [2.75, 3.05) is 19.0 Å². The molecule has 8 N–H and O–H groups in total. The van der Waals surface area contributed by atoms with E-state index in [9.17, 15) is 63.1 Å². The number of phosphoric ester groups is 3. The van der Waals surface area contributed by atoms with Gasteiger partial charge in [0.2, 0.25) is 0 Å². The summed E-state index contributed by atoms with van der Waals surface area (Å²) in [7, 11) is -16.6. The zero-order valence-corrected chi connectivity index (χ0v) is 40.7. The van der Waals surface area contributed by atoms with E-state index in [-0.39, 0.29) is 12.8 Å². The molecule has 63 heavy (non-hydrogen) atoms. The lowest BCUT2D eigenvalue weighted by Crippen LogP contribution is -2.65. The van der Waals surface area contributed by atoms with Crippen LogP contribution in [0.25, 0.3) is 0 Å². The molecular formula is C40H79O19P3S. The molecule has 23 heteroatoms. The average Bonchev–Trinajstić information content (AvgIpc) is 3.20. The van der Waals surface area contributed by atoms with Gasteiger partial charge in [-0.05, 0) is 25.0 Å². The minimum Gasteiger partial charge on any atom is -0.462 e. The summed E-state index contributed by atoms with van der Waals surface area (Å²) < 4.78 is 65.4. The van der Waals surface area contributed by atoms with Crippen LogP contribution in [0.4, 0.5) is 0 Å². The van der Waals surface area contributed by atoms with E-state index in [0.29, 0.717) is 12.8 Å². The van der Waals surface area contributed by atoms with Gasteiger partial charge >= 0.3 is 35.4 Å². The molecule has 0 amide bonds. The summed E-state index contributed by atoms with van der Waals surface area (Å²) >= 11 is 4.24. The first kappa shape index (κ1) is 60.5. The fourth-order valence-corrected chi connectivity index (χ4v) is 9.59. The molecule has 1 aliphatic carbocycles. The van der Waals surface area contributed by atoms with Gasteiger partial charge in [-0.25, -0.2) is 13.7 Å². The summed E-state index contributed by atoms with van der Waals surface area (Å²) in [5, 5.41) is 31.8. The Morgan fingerprint density at radius 3 is 1.27 bits per heavy atom. The summed E-state index contributed by atoms with van der Waals surface area (Å²) in [4.78, 5) is 73.0. The van der Waals surface area contributed by atoms with Gasteiger partial charge in [-0.1, -0.05) is 148 Å². The number of ether oxygens (including phenoxy) is 2. The lowest BCUT2D eigenvalue weighted by Gasteiger charge is -2.44. The number of aliphatic hydroxyl groups excluding tert-OH is 3. The third-order valence-electron chi connectivity index (χ3n) is 10.7. The van der Waals surface area contributed by atoms with Crippen LogP contribution in [0.3, 0.4) is 0 Å². The number of phosphoric acid groups is 3. The molecular weight excluding hydrogens is 909 g/mol. The second-order valence-corrected chi connectivity index (χ2v) is 20.7. The van der Waals surface area contributed by atoms with Crippen molar-refractivity contribution in [2.24, 2.45) is 0 Å². The van der Waals surface area contributed by atoms with E-state index in [2.05, 4.69) is 28.6 Å². The van der Waals surface area contributed by atoms with Crippen LogP contribution in [0.15, 0.2) is 0 Å². The van der Waals surface area contributed by atoms with Gasteiger partial charge < -0.3 is 49.3 Å². The molecule has 0 saturated heterocycles. The third-order valence-corrected chi connectivity index (χ3v) is 13.1. The maximum Gasteiger partial charge on any atom is 0.472 e. The number of hydrogen-bond acceptors (Lipinski definition) is 15. The van der Waals surface area contributed by atoms with Gasteiger partial charge in [-0.2, -0.15) is 12.6 Å². The highest BCUT2D eigenvalue weighted by Gasteiger charge is 2.56. The van der Waals surface area contributed by atoms with E-state index in [4.69, 9.17) is 18.5 Å². The van der Waals surface area contributed by atoms with Crippen LogP contribution >= 0.6 is 36.1 Å². The molecule has 1 rings (SSSR count). The minimum absolute atomic E-state index is 0.00304. The fraction of sp³-hybridized carbons (Fsp3) is 0.950. The summed E-state index contributed by atoms with van der Waals surface area (Å²) in [5.74, 6) is -0.359. The number of carbonyl (C=O) groups is 2.